The van der Waals surface area contributed by atoms with Crippen molar-refractivity contribution in [2.45, 2.75) is 24.9 Å². The Labute approximate surface area is 165 Å². The Kier molecular flexibility index (Phi) is 8.32. The molecule has 0 saturated heterocycles. The lowest BCUT2D eigenvalue weighted by Crippen LogP contribution is -2.37. The summed E-state index contributed by atoms with van der Waals surface area (Å²) in [7, 11) is -1.83. The van der Waals surface area contributed by atoms with Crippen LogP contribution in [0.25, 0.3) is 0 Å². The van der Waals surface area contributed by atoms with E-state index in [1.165, 1.54) is 12.1 Å². The minimum Gasteiger partial charge on any atom is -0.357 e. The van der Waals surface area contributed by atoms with Crippen LogP contribution in [0.2, 0.25) is 0 Å². The largest absolute Gasteiger partial charge is 0.357 e. The van der Waals surface area contributed by atoms with Crippen molar-refractivity contribution in [1.29, 1.82) is 0 Å². The van der Waals surface area contributed by atoms with Crippen LogP contribution in [0.15, 0.2) is 46.4 Å². The van der Waals surface area contributed by atoms with Crippen LogP contribution in [-0.2, 0) is 30.2 Å². The summed E-state index contributed by atoms with van der Waals surface area (Å²) >= 11 is 0. The van der Waals surface area contributed by atoms with Gasteiger partial charge in [-0.3, -0.25) is 4.68 Å². The molecule has 0 fully saturated rings. The monoisotopic (exact) mass is 478 g/mol. The molecule has 0 aliphatic carbocycles. The fourth-order valence-electron chi connectivity index (χ4n) is 2.08. The molecule has 1 heterocycles. The molecule has 0 saturated carbocycles. The van der Waals surface area contributed by atoms with Crippen molar-refractivity contribution in [1.82, 2.24) is 20.4 Å². The van der Waals surface area contributed by atoms with Crippen LogP contribution in [0.1, 0.15) is 18.2 Å². The van der Waals surface area contributed by atoms with Crippen molar-refractivity contribution in [2.24, 2.45) is 17.2 Å². The lowest BCUT2D eigenvalue weighted by atomic mass is 10.2. The molecule has 138 valence electrons. The number of rotatable bonds is 6. The van der Waals surface area contributed by atoms with E-state index < -0.39 is 10.0 Å². The summed E-state index contributed by atoms with van der Waals surface area (Å²) in [6, 6.07) is 8.38. The molecule has 4 N–H and O–H groups in total. The van der Waals surface area contributed by atoms with Gasteiger partial charge in [0.2, 0.25) is 10.0 Å². The van der Waals surface area contributed by atoms with Gasteiger partial charge in [0.15, 0.2) is 5.96 Å². The number of aliphatic imine (C=N–C) groups is 1. The zero-order valence-corrected chi connectivity index (χ0v) is 17.3. The molecular formula is C15H23IN6O2S. The summed E-state index contributed by atoms with van der Waals surface area (Å²) in [6.45, 7) is 3.61. The molecule has 1 aromatic heterocycles. The van der Waals surface area contributed by atoms with Crippen molar-refractivity contribution >= 4 is 40.0 Å². The van der Waals surface area contributed by atoms with Gasteiger partial charge >= 0.3 is 0 Å². The maximum Gasteiger partial charge on any atom is 0.238 e. The van der Waals surface area contributed by atoms with Gasteiger partial charge in [-0.2, -0.15) is 5.10 Å². The van der Waals surface area contributed by atoms with Gasteiger partial charge in [-0.05, 0) is 30.7 Å². The Balaban J connectivity index is 0.00000312. The Morgan fingerprint density at radius 3 is 2.68 bits per heavy atom. The van der Waals surface area contributed by atoms with Gasteiger partial charge in [0.05, 0.1) is 23.7 Å². The summed E-state index contributed by atoms with van der Waals surface area (Å²) in [5.41, 5.74) is 1.79. The van der Waals surface area contributed by atoms with E-state index in [1.54, 1.807) is 16.9 Å². The summed E-state index contributed by atoms with van der Waals surface area (Å²) in [6.07, 6.45) is 1.74. The molecule has 0 unspecified atom stereocenters. The quantitative estimate of drug-likeness (QED) is 0.325. The van der Waals surface area contributed by atoms with Crippen LogP contribution in [0.5, 0.6) is 0 Å². The molecule has 0 aliphatic rings. The third-order valence-electron chi connectivity index (χ3n) is 3.35. The van der Waals surface area contributed by atoms with E-state index in [4.69, 9.17) is 5.14 Å². The molecule has 2 aromatic rings. The van der Waals surface area contributed by atoms with Crippen LogP contribution in [0.3, 0.4) is 0 Å². The average Bonchev–Trinajstić information content (AvgIpc) is 2.95. The van der Waals surface area contributed by atoms with E-state index in [-0.39, 0.29) is 28.9 Å². The van der Waals surface area contributed by atoms with Gasteiger partial charge in [0, 0.05) is 19.8 Å². The number of nitrogens with zero attached hydrogens (tertiary/aromatic N) is 3. The van der Waals surface area contributed by atoms with Crippen LogP contribution in [0.4, 0.5) is 0 Å². The number of nitrogens with two attached hydrogens (primary N) is 1. The van der Waals surface area contributed by atoms with E-state index in [1.807, 2.05) is 26.1 Å². The number of hydrogen-bond donors (Lipinski definition) is 3. The number of aryl methyl sites for hydroxylation is 1. The van der Waals surface area contributed by atoms with Gasteiger partial charge in [-0.15, -0.1) is 24.0 Å². The second-order valence-electron chi connectivity index (χ2n) is 5.19. The van der Waals surface area contributed by atoms with E-state index >= 15 is 0 Å². The maximum absolute atomic E-state index is 11.4. The fourth-order valence-corrected chi connectivity index (χ4v) is 2.67. The average molecular weight is 478 g/mol. The topological polar surface area (TPSA) is 114 Å². The molecule has 25 heavy (non-hydrogen) atoms. The van der Waals surface area contributed by atoms with E-state index in [0.29, 0.717) is 25.6 Å². The molecule has 8 nitrogen and oxygen atoms in total. The minimum atomic E-state index is -3.71. The molecule has 0 atom stereocenters. The Morgan fingerprint density at radius 1 is 1.32 bits per heavy atom. The Bertz CT molecular complexity index is 819. The molecule has 1 aromatic carbocycles. The summed E-state index contributed by atoms with van der Waals surface area (Å²) in [4.78, 5) is 4.55. The number of benzene rings is 1. The molecule has 0 aliphatic heterocycles. The smallest absolute Gasteiger partial charge is 0.238 e. The van der Waals surface area contributed by atoms with Gasteiger partial charge in [0.25, 0.3) is 0 Å². The SMILES string of the molecule is CCNC(=NCc1cccc(S(N)(=O)=O)c1)NCc1ccnn1C.I. The standard InChI is InChI=1S/C15H22N6O2S.HI/c1-3-17-15(19-11-13-7-8-20-21(13)2)18-10-12-5-4-6-14(9-12)24(16,22)23;/h4-9H,3,10-11H2,1-2H3,(H2,16,22,23)(H2,17,18,19);1H. The highest BCUT2D eigenvalue weighted by molar-refractivity contribution is 14.0. The second-order valence-corrected chi connectivity index (χ2v) is 6.75. The van der Waals surface area contributed by atoms with Crippen molar-refractivity contribution in [3.8, 4) is 0 Å². The van der Waals surface area contributed by atoms with Crippen molar-refractivity contribution in [3.63, 3.8) is 0 Å². The number of aromatic nitrogens is 2. The first-order valence-electron chi connectivity index (χ1n) is 7.51. The van der Waals surface area contributed by atoms with E-state index in [2.05, 4.69) is 20.7 Å². The Hall–Kier alpha value is -1.66. The number of halogens is 1. The lowest BCUT2D eigenvalue weighted by Gasteiger charge is -2.11. The molecule has 10 heteroatoms. The summed E-state index contributed by atoms with van der Waals surface area (Å²) in [5, 5.41) is 15.6. The first-order valence-corrected chi connectivity index (χ1v) is 9.05. The number of hydrogen-bond acceptors (Lipinski definition) is 4. The molecule has 2 rings (SSSR count). The molecule has 0 amide bonds. The van der Waals surface area contributed by atoms with Gasteiger partial charge in [-0.25, -0.2) is 18.5 Å². The summed E-state index contributed by atoms with van der Waals surface area (Å²) < 4.78 is 24.6. The number of sulfonamides is 1. The summed E-state index contributed by atoms with van der Waals surface area (Å²) in [5.74, 6) is 0.639. The second kappa shape index (κ2) is 9.73. The van der Waals surface area contributed by atoms with Crippen molar-refractivity contribution in [2.75, 3.05) is 6.54 Å². The highest BCUT2D eigenvalue weighted by Crippen LogP contribution is 2.10. The molecule has 0 radical (unpaired) electrons. The predicted molar refractivity (Wildman–Crippen MR) is 108 cm³/mol. The van der Waals surface area contributed by atoms with Gasteiger partial charge in [0.1, 0.15) is 0 Å². The third kappa shape index (κ3) is 6.63. The zero-order chi connectivity index (χ0) is 17.6. The van der Waals surface area contributed by atoms with E-state index in [9.17, 15) is 8.42 Å². The van der Waals surface area contributed by atoms with Crippen LogP contribution < -0.4 is 15.8 Å². The van der Waals surface area contributed by atoms with Crippen molar-refractivity contribution in [3.05, 3.63) is 47.8 Å². The fraction of sp³-hybridized carbons (Fsp3) is 0.333. The maximum atomic E-state index is 11.4. The van der Waals surface area contributed by atoms with E-state index in [0.717, 1.165) is 11.3 Å². The molecule has 0 bridgehead atoms. The highest BCUT2D eigenvalue weighted by atomic mass is 127. The normalized spacial score (nSPS) is 11.7. The van der Waals surface area contributed by atoms with Crippen LogP contribution in [0, 0.1) is 0 Å². The lowest BCUT2D eigenvalue weighted by molar-refractivity contribution is 0.597. The Morgan fingerprint density at radius 2 is 2.08 bits per heavy atom. The molecule has 0 spiro atoms. The van der Waals surface area contributed by atoms with Crippen molar-refractivity contribution < 1.29 is 8.42 Å². The minimum absolute atomic E-state index is 0. The number of nitrogens with one attached hydrogen (secondary N) is 2. The van der Waals surface area contributed by atoms with Crippen LogP contribution >= 0.6 is 24.0 Å². The zero-order valence-electron chi connectivity index (χ0n) is 14.1. The first kappa shape index (κ1) is 21.4. The molecular weight excluding hydrogens is 455 g/mol. The first-order chi connectivity index (χ1) is 11.4. The third-order valence-corrected chi connectivity index (χ3v) is 4.26. The van der Waals surface area contributed by atoms with Crippen LogP contribution in [-0.4, -0.2) is 30.7 Å². The predicted octanol–water partition coefficient (Wildman–Crippen LogP) is 0.941. The number of guanidine groups is 1. The highest BCUT2D eigenvalue weighted by Gasteiger charge is 2.08. The van der Waals surface area contributed by atoms with Gasteiger partial charge in [-0.1, -0.05) is 12.1 Å². The number of primary sulfonamides is 1. The van der Waals surface area contributed by atoms with Gasteiger partial charge < -0.3 is 10.6 Å².